The maximum Gasteiger partial charge on any atom is 0.231 e. The molecule has 4 aliphatic rings. The number of piperazine rings is 1. The minimum Gasteiger partial charge on any atom is -0.489 e. The summed E-state index contributed by atoms with van der Waals surface area (Å²) in [6.45, 7) is 14.7. The molecule has 1 fully saturated rings. The standard InChI is InChI=1S/C35H44N4O6/c1-9-10-42-31-21(6)33-34(45-17-44-33)29-23(31)13-25-30-28-22(11-19(4)20(5)32(28)43-16-41-8)12-24(38(30)7)26(14-36)39(25)27(29)15-37-35(40)18(2)3/h9,11,18,24-27,30H,1,10,12-13,15-17H2,2-8H3,(H,37,40)/t24-,25?,26-,27-,30-/m0/s1. The second kappa shape index (κ2) is 12.2. The fourth-order valence-electron chi connectivity index (χ4n) is 7.92. The van der Waals surface area contributed by atoms with E-state index in [-0.39, 0.29) is 49.6 Å². The number of nitrogens with zero attached hydrogens (tertiary/aromatic N) is 3. The monoisotopic (exact) mass is 616 g/mol. The van der Waals surface area contributed by atoms with E-state index in [0.717, 1.165) is 44.9 Å². The molecule has 6 rings (SSSR count). The Kier molecular flexibility index (Phi) is 8.46. The van der Waals surface area contributed by atoms with Crippen LogP contribution in [0.1, 0.15) is 64.9 Å². The minimum absolute atomic E-state index is 0.0442. The first-order valence-corrected chi connectivity index (χ1v) is 15.7. The first kappa shape index (κ1) is 31.2. The van der Waals surface area contributed by atoms with Crippen molar-refractivity contribution in [1.29, 1.82) is 5.26 Å². The van der Waals surface area contributed by atoms with Crippen LogP contribution in [-0.2, 0) is 22.4 Å². The van der Waals surface area contributed by atoms with E-state index in [2.05, 4.69) is 54.7 Å². The number of hydrogen-bond acceptors (Lipinski definition) is 9. The van der Waals surface area contributed by atoms with E-state index in [1.807, 2.05) is 20.8 Å². The first-order valence-electron chi connectivity index (χ1n) is 15.7. The summed E-state index contributed by atoms with van der Waals surface area (Å²) in [4.78, 5) is 17.7. The fourth-order valence-corrected chi connectivity index (χ4v) is 7.92. The molecule has 2 aromatic rings. The van der Waals surface area contributed by atoms with Gasteiger partial charge in [0.2, 0.25) is 12.7 Å². The third-order valence-electron chi connectivity index (χ3n) is 10.1. The van der Waals surface area contributed by atoms with Crippen LogP contribution in [0.25, 0.3) is 0 Å². The van der Waals surface area contributed by atoms with Crippen LogP contribution in [-0.4, -0.2) is 74.7 Å². The highest BCUT2D eigenvalue weighted by atomic mass is 16.7. The molecular weight excluding hydrogens is 572 g/mol. The molecule has 2 bridgehead atoms. The Balaban J connectivity index is 1.60. The van der Waals surface area contributed by atoms with Gasteiger partial charge in [-0.1, -0.05) is 32.6 Å². The molecule has 4 aliphatic heterocycles. The van der Waals surface area contributed by atoms with Crippen molar-refractivity contribution in [2.24, 2.45) is 5.92 Å². The molecule has 2 aromatic carbocycles. The van der Waals surface area contributed by atoms with Gasteiger partial charge in [0.25, 0.3) is 0 Å². The van der Waals surface area contributed by atoms with E-state index in [1.54, 1.807) is 13.2 Å². The molecule has 1 saturated heterocycles. The number of nitriles is 1. The molecule has 4 heterocycles. The van der Waals surface area contributed by atoms with Crippen LogP contribution in [0.4, 0.5) is 0 Å². The Labute approximate surface area is 265 Å². The lowest BCUT2D eigenvalue weighted by Crippen LogP contribution is -2.68. The number of rotatable bonds is 9. The topological polar surface area (TPSA) is 106 Å². The van der Waals surface area contributed by atoms with E-state index in [1.165, 1.54) is 5.56 Å². The summed E-state index contributed by atoms with van der Waals surface area (Å²) >= 11 is 0. The van der Waals surface area contributed by atoms with Crippen LogP contribution in [0.5, 0.6) is 23.0 Å². The molecule has 5 atom stereocenters. The molecule has 1 amide bonds. The maximum atomic E-state index is 13.0. The van der Waals surface area contributed by atoms with Crippen molar-refractivity contribution >= 4 is 5.91 Å². The Morgan fingerprint density at radius 3 is 2.58 bits per heavy atom. The van der Waals surface area contributed by atoms with Crippen LogP contribution in [0.2, 0.25) is 0 Å². The largest absolute Gasteiger partial charge is 0.489 e. The van der Waals surface area contributed by atoms with Gasteiger partial charge in [-0.15, -0.1) is 0 Å². The van der Waals surface area contributed by atoms with E-state index in [4.69, 9.17) is 23.7 Å². The number of ether oxygens (including phenoxy) is 5. The number of amides is 1. The van der Waals surface area contributed by atoms with E-state index < -0.39 is 6.04 Å². The van der Waals surface area contributed by atoms with Crippen molar-refractivity contribution in [3.05, 3.63) is 57.7 Å². The summed E-state index contributed by atoms with van der Waals surface area (Å²) in [6.07, 6.45) is 3.04. The van der Waals surface area contributed by atoms with Gasteiger partial charge >= 0.3 is 0 Å². The molecule has 0 saturated carbocycles. The highest BCUT2D eigenvalue weighted by Crippen LogP contribution is 2.57. The van der Waals surface area contributed by atoms with E-state index >= 15 is 0 Å². The number of methoxy groups -OCH3 is 1. The average Bonchev–Trinajstić information content (AvgIpc) is 3.51. The molecule has 0 radical (unpaired) electrons. The Bertz CT molecular complexity index is 1560. The number of nitrogens with one attached hydrogen (secondary N) is 1. The number of hydrogen-bond donors (Lipinski definition) is 1. The zero-order valence-corrected chi connectivity index (χ0v) is 27.4. The van der Waals surface area contributed by atoms with Crippen molar-refractivity contribution in [1.82, 2.24) is 15.1 Å². The zero-order valence-electron chi connectivity index (χ0n) is 27.4. The van der Waals surface area contributed by atoms with Gasteiger partial charge in [0.05, 0.1) is 18.2 Å². The number of carbonyl (C=O) groups is 1. The van der Waals surface area contributed by atoms with E-state index in [9.17, 15) is 10.1 Å². The van der Waals surface area contributed by atoms with Crippen LogP contribution >= 0.6 is 0 Å². The van der Waals surface area contributed by atoms with Crippen LogP contribution in [0.3, 0.4) is 0 Å². The summed E-state index contributed by atoms with van der Waals surface area (Å²) < 4.78 is 30.3. The molecule has 45 heavy (non-hydrogen) atoms. The second-order valence-corrected chi connectivity index (χ2v) is 12.9. The summed E-state index contributed by atoms with van der Waals surface area (Å²) in [5.41, 5.74) is 7.39. The van der Waals surface area contributed by atoms with Crippen molar-refractivity contribution in [2.75, 3.05) is 40.9 Å². The number of aryl methyl sites for hydroxylation is 1. The summed E-state index contributed by atoms with van der Waals surface area (Å²) in [7, 11) is 3.76. The van der Waals surface area contributed by atoms with Gasteiger partial charge in [0.1, 0.15) is 24.1 Å². The predicted molar refractivity (Wildman–Crippen MR) is 169 cm³/mol. The first-order chi connectivity index (χ1) is 21.6. The highest BCUT2D eigenvalue weighted by Gasteiger charge is 2.56. The fraction of sp³-hybridized carbons (Fsp3) is 0.543. The average molecular weight is 617 g/mol. The lowest BCUT2D eigenvalue weighted by Gasteiger charge is -2.60. The van der Waals surface area contributed by atoms with Gasteiger partial charge in [0, 0.05) is 53.9 Å². The highest BCUT2D eigenvalue weighted by molar-refractivity contribution is 5.78. The number of carbonyl (C=O) groups excluding carboxylic acids is 1. The molecule has 10 nitrogen and oxygen atoms in total. The van der Waals surface area contributed by atoms with Gasteiger partial charge in [-0.25, -0.2) is 0 Å². The zero-order chi connectivity index (χ0) is 32.2. The summed E-state index contributed by atoms with van der Waals surface area (Å²) in [5.74, 6) is 2.69. The molecule has 1 N–H and O–H groups in total. The van der Waals surface area contributed by atoms with Gasteiger partial charge in [-0.2, -0.15) is 5.26 Å². The smallest absolute Gasteiger partial charge is 0.231 e. The predicted octanol–water partition coefficient (Wildman–Crippen LogP) is 4.43. The van der Waals surface area contributed by atoms with Crippen molar-refractivity contribution in [2.45, 2.75) is 77.7 Å². The lowest BCUT2D eigenvalue weighted by molar-refractivity contribution is -0.125. The molecule has 0 spiro atoms. The molecular formula is C35H44N4O6. The maximum absolute atomic E-state index is 13.0. The Morgan fingerprint density at radius 1 is 1.13 bits per heavy atom. The number of benzene rings is 2. The van der Waals surface area contributed by atoms with Crippen LogP contribution in [0, 0.1) is 38.0 Å². The quantitative estimate of drug-likeness (QED) is 0.324. The van der Waals surface area contributed by atoms with Gasteiger partial charge in [-0.3, -0.25) is 14.6 Å². The van der Waals surface area contributed by atoms with Crippen molar-refractivity contribution in [3.63, 3.8) is 0 Å². The molecule has 0 aliphatic carbocycles. The summed E-state index contributed by atoms with van der Waals surface area (Å²) in [6, 6.07) is 3.86. The Hall–Kier alpha value is -3.78. The molecule has 10 heteroatoms. The Morgan fingerprint density at radius 2 is 1.89 bits per heavy atom. The molecule has 0 aromatic heterocycles. The normalized spacial score (nSPS) is 24.7. The second-order valence-electron chi connectivity index (χ2n) is 12.9. The number of fused-ring (bicyclic) bond motifs is 9. The van der Waals surface area contributed by atoms with E-state index in [0.29, 0.717) is 37.5 Å². The molecule has 1 unspecified atom stereocenters. The SMILES string of the molecule is C=CCOc1c(C)c2c(c3c1CC1[C@H]4c5c(cc(C)c(C)c5OCOC)C[C@@H]([C@H](C#N)N1[C@H]3CNC(=O)C(C)C)N4C)OCO2. The third-order valence-corrected chi connectivity index (χ3v) is 10.1. The lowest BCUT2D eigenvalue weighted by atomic mass is 9.71. The minimum atomic E-state index is -0.444. The van der Waals surface area contributed by atoms with Gasteiger partial charge in [0.15, 0.2) is 18.3 Å². The third kappa shape index (κ3) is 4.93. The van der Waals surface area contributed by atoms with Crippen molar-refractivity contribution < 1.29 is 28.5 Å². The van der Waals surface area contributed by atoms with Gasteiger partial charge < -0.3 is 29.0 Å². The van der Waals surface area contributed by atoms with Crippen LogP contribution in [0.15, 0.2) is 18.7 Å². The number of likely N-dealkylation sites (N-methyl/N-ethyl adjacent to an activating group) is 1. The van der Waals surface area contributed by atoms with Gasteiger partial charge in [-0.05, 0) is 57.4 Å². The van der Waals surface area contributed by atoms with Crippen molar-refractivity contribution in [3.8, 4) is 29.1 Å². The molecule has 240 valence electrons. The van der Waals surface area contributed by atoms with Crippen LogP contribution < -0.4 is 24.3 Å². The summed E-state index contributed by atoms with van der Waals surface area (Å²) in [5, 5.41) is 14.1.